The number of benzene rings is 2. The van der Waals surface area contributed by atoms with Gasteiger partial charge in [0.1, 0.15) is 0 Å². The topological polar surface area (TPSA) is 20.2 Å². The van der Waals surface area contributed by atoms with Gasteiger partial charge in [-0.2, -0.15) is 0 Å². The standard InChI is InChI=1S/C28H42OSi/c1-4-5-6-8-23-9-11-24(12-10-23)25-13-15-26(16-14-25)27-17-19-28(20-18-27)30(2,3)22-7-21-29/h9-12,17-20,25-26,29H,4-8,13-16,21-22H2,1-3H3. The van der Waals surface area contributed by atoms with E-state index < -0.39 is 8.07 Å². The highest BCUT2D eigenvalue weighted by molar-refractivity contribution is 6.89. The van der Waals surface area contributed by atoms with E-state index in [9.17, 15) is 5.11 Å². The second-order valence-corrected chi connectivity index (χ2v) is 14.9. The summed E-state index contributed by atoms with van der Waals surface area (Å²) in [5.74, 6) is 1.47. The molecule has 0 heterocycles. The molecule has 1 aliphatic carbocycles. The zero-order valence-electron chi connectivity index (χ0n) is 19.5. The molecule has 1 saturated carbocycles. The molecule has 2 heteroatoms. The molecule has 0 spiro atoms. The molecule has 2 aromatic rings. The summed E-state index contributed by atoms with van der Waals surface area (Å²) >= 11 is 0. The Morgan fingerprint density at radius 1 is 0.767 bits per heavy atom. The van der Waals surface area contributed by atoms with Crippen LogP contribution in [0.5, 0.6) is 0 Å². The van der Waals surface area contributed by atoms with Crippen LogP contribution in [0.4, 0.5) is 0 Å². The molecule has 1 fully saturated rings. The molecule has 3 rings (SSSR count). The van der Waals surface area contributed by atoms with Gasteiger partial charge in [0.15, 0.2) is 0 Å². The second-order valence-electron chi connectivity index (χ2n) is 10.1. The van der Waals surface area contributed by atoms with Crippen LogP contribution in [0.15, 0.2) is 48.5 Å². The Labute approximate surface area is 185 Å². The van der Waals surface area contributed by atoms with Gasteiger partial charge in [-0.15, -0.1) is 0 Å². The van der Waals surface area contributed by atoms with Crippen molar-refractivity contribution >= 4 is 13.3 Å². The first-order valence-electron chi connectivity index (χ1n) is 12.3. The molecular formula is C28H42OSi. The van der Waals surface area contributed by atoms with Crippen molar-refractivity contribution in [3.63, 3.8) is 0 Å². The summed E-state index contributed by atoms with van der Waals surface area (Å²) in [5.41, 5.74) is 4.60. The van der Waals surface area contributed by atoms with E-state index in [4.69, 9.17) is 0 Å². The zero-order valence-corrected chi connectivity index (χ0v) is 20.5. The van der Waals surface area contributed by atoms with Gasteiger partial charge >= 0.3 is 0 Å². The fourth-order valence-electron chi connectivity index (χ4n) is 5.17. The highest BCUT2D eigenvalue weighted by Crippen LogP contribution is 2.40. The Hall–Kier alpha value is -1.38. The van der Waals surface area contributed by atoms with E-state index >= 15 is 0 Å². The summed E-state index contributed by atoms with van der Waals surface area (Å²) in [6.07, 6.45) is 11.4. The number of hydrogen-bond acceptors (Lipinski definition) is 1. The summed E-state index contributed by atoms with van der Waals surface area (Å²) in [5, 5.41) is 10.7. The first-order valence-corrected chi connectivity index (χ1v) is 15.5. The predicted molar refractivity (Wildman–Crippen MR) is 134 cm³/mol. The number of aryl methyl sites for hydroxylation is 1. The van der Waals surface area contributed by atoms with Crippen LogP contribution in [-0.4, -0.2) is 19.8 Å². The summed E-state index contributed by atoms with van der Waals surface area (Å²) in [6.45, 7) is 7.45. The molecule has 0 radical (unpaired) electrons. The average Bonchev–Trinajstić information content (AvgIpc) is 2.79. The van der Waals surface area contributed by atoms with E-state index in [2.05, 4.69) is 68.5 Å². The molecule has 0 aromatic heterocycles. The van der Waals surface area contributed by atoms with Gasteiger partial charge in [0.25, 0.3) is 0 Å². The molecule has 164 valence electrons. The van der Waals surface area contributed by atoms with Crippen molar-refractivity contribution in [1.29, 1.82) is 0 Å². The Kier molecular flexibility index (Phi) is 8.77. The van der Waals surface area contributed by atoms with Crippen LogP contribution in [0, 0.1) is 0 Å². The van der Waals surface area contributed by atoms with Crippen LogP contribution in [0.2, 0.25) is 19.1 Å². The minimum absolute atomic E-state index is 0.319. The van der Waals surface area contributed by atoms with Crippen LogP contribution < -0.4 is 5.19 Å². The fourth-order valence-corrected chi connectivity index (χ4v) is 7.57. The number of aliphatic hydroxyl groups is 1. The van der Waals surface area contributed by atoms with Crippen LogP contribution in [0.25, 0.3) is 0 Å². The molecule has 0 atom stereocenters. The predicted octanol–water partition coefficient (Wildman–Crippen LogP) is 7.16. The Balaban J connectivity index is 1.52. The molecule has 1 nitrogen and oxygen atoms in total. The molecule has 0 bridgehead atoms. The normalized spacial score (nSPS) is 19.7. The number of hydrogen-bond donors (Lipinski definition) is 1. The maximum atomic E-state index is 9.17. The maximum Gasteiger partial charge on any atom is 0.0807 e. The molecule has 1 N–H and O–H groups in total. The van der Waals surface area contributed by atoms with Crippen LogP contribution in [0.1, 0.15) is 86.8 Å². The van der Waals surface area contributed by atoms with E-state index in [1.807, 2.05) is 0 Å². The van der Waals surface area contributed by atoms with Crippen molar-refractivity contribution in [1.82, 2.24) is 0 Å². The lowest BCUT2D eigenvalue weighted by atomic mass is 9.76. The highest BCUT2D eigenvalue weighted by Gasteiger charge is 2.25. The third-order valence-electron chi connectivity index (χ3n) is 7.37. The van der Waals surface area contributed by atoms with Crippen molar-refractivity contribution in [2.75, 3.05) is 6.61 Å². The van der Waals surface area contributed by atoms with Crippen molar-refractivity contribution in [3.05, 3.63) is 65.2 Å². The molecule has 0 aliphatic heterocycles. The van der Waals surface area contributed by atoms with E-state index in [0.717, 1.165) is 18.3 Å². The van der Waals surface area contributed by atoms with Gasteiger partial charge in [-0.25, -0.2) is 0 Å². The second kappa shape index (κ2) is 11.3. The van der Waals surface area contributed by atoms with Gasteiger partial charge in [0.2, 0.25) is 0 Å². The Morgan fingerprint density at radius 3 is 1.80 bits per heavy atom. The maximum absolute atomic E-state index is 9.17. The SMILES string of the molecule is CCCCCc1ccc(C2CCC(c3ccc([Si](C)(C)CCCO)cc3)CC2)cc1. The lowest BCUT2D eigenvalue weighted by molar-refractivity contribution is 0.294. The molecule has 0 unspecified atom stereocenters. The third-order valence-corrected chi connectivity index (χ3v) is 10.9. The van der Waals surface area contributed by atoms with E-state index in [1.165, 1.54) is 73.7 Å². The summed E-state index contributed by atoms with van der Waals surface area (Å²) in [7, 11) is -1.40. The minimum Gasteiger partial charge on any atom is -0.396 e. The monoisotopic (exact) mass is 422 g/mol. The van der Waals surface area contributed by atoms with Crippen molar-refractivity contribution in [2.45, 2.75) is 95.7 Å². The van der Waals surface area contributed by atoms with E-state index in [1.54, 1.807) is 5.56 Å². The lowest BCUT2D eigenvalue weighted by Crippen LogP contribution is -2.41. The highest BCUT2D eigenvalue weighted by atomic mass is 28.3. The first-order chi connectivity index (χ1) is 14.5. The molecule has 30 heavy (non-hydrogen) atoms. The van der Waals surface area contributed by atoms with Gasteiger partial charge in [-0.05, 0) is 73.5 Å². The fraction of sp³-hybridized carbons (Fsp3) is 0.571. The number of aliphatic hydroxyl groups excluding tert-OH is 1. The third kappa shape index (κ3) is 6.31. The lowest BCUT2D eigenvalue weighted by Gasteiger charge is -2.30. The molecule has 2 aromatic carbocycles. The van der Waals surface area contributed by atoms with Crippen molar-refractivity contribution in [3.8, 4) is 0 Å². The van der Waals surface area contributed by atoms with E-state index in [-0.39, 0.29) is 0 Å². The van der Waals surface area contributed by atoms with Gasteiger partial charge in [0.05, 0.1) is 8.07 Å². The first kappa shape index (κ1) is 23.3. The van der Waals surface area contributed by atoms with Crippen molar-refractivity contribution in [2.24, 2.45) is 0 Å². The summed E-state index contributed by atoms with van der Waals surface area (Å²) in [4.78, 5) is 0. The van der Waals surface area contributed by atoms with E-state index in [0.29, 0.717) is 6.61 Å². The molecule has 0 saturated heterocycles. The summed E-state index contributed by atoms with van der Waals surface area (Å²) in [6, 6.07) is 20.3. The molecule has 1 aliphatic rings. The minimum atomic E-state index is -1.40. The van der Waals surface area contributed by atoms with Crippen LogP contribution in [-0.2, 0) is 6.42 Å². The molecule has 0 amide bonds. The van der Waals surface area contributed by atoms with Crippen LogP contribution in [0.3, 0.4) is 0 Å². The number of unbranched alkanes of at least 4 members (excludes halogenated alkanes) is 2. The Morgan fingerprint density at radius 2 is 1.30 bits per heavy atom. The Bertz CT molecular complexity index is 739. The number of rotatable bonds is 10. The van der Waals surface area contributed by atoms with Gasteiger partial charge < -0.3 is 5.11 Å². The zero-order chi connectivity index (χ0) is 21.4. The summed E-state index contributed by atoms with van der Waals surface area (Å²) < 4.78 is 0. The van der Waals surface area contributed by atoms with Crippen LogP contribution >= 0.6 is 0 Å². The van der Waals surface area contributed by atoms with Gasteiger partial charge in [-0.3, -0.25) is 0 Å². The quantitative estimate of drug-likeness (QED) is 0.318. The smallest absolute Gasteiger partial charge is 0.0807 e. The van der Waals surface area contributed by atoms with Crippen molar-refractivity contribution < 1.29 is 5.11 Å². The van der Waals surface area contributed by atoms with Gasteiger partial charge in [-0.1, -0.05) is 92.6 Å². The van der Waals surface area contributed by atoms with Gasteiger partial charge in [0, 0.05) is 6.61 Å². The molecular weight excluding hydrogens is 380 g/mol. The average molecular weight is 423 g/mol. The largest absolute Gasteiger partial charge is 0.396 e.